The van der Waals surface area contributed by atoms with E-state index in [-0.39, 0.29) is 11.4 Å². The van der Waals surface area contributed by atoms with Crippen LogP contribution in [0.25, 0.3) is 0 Å². The number of carbonyl (C=O) groups excluding carboxylic acids is 1. The molecule has 5 nitrogen and oxygen atoms in total. The van der Waals surface area contributed by atoms with Crippen LogP contribution in [0.4, 0.5) is 0 Å². The monoisotopic (exact) mass is 456 g/mol. The molecule has 0 amide bonds. The number of benzene rings is 2. The van der Waals surface area contributed by atoms with Crippen molar-refractivity contribution >= 4 is 5.78 Å². The summed E-state index contributed by atoms with van der Waals surface area (Å²) < 4.78 is 24.0. The third-order valence-electron chi connectivity index (χ3n) is 4.38. The summed E-state index contributed by atoms with van der Waals surface area (Å²) in [5.74, 6) is 2.52. The summed E-state index contributed by atoms with van der Waals surface area (Å²) >= 11 is 0. The van der Waals surface area contributed by atoms with Gasteiger partial charge in [-0.3, -0.25) is 4.79 Å². The Hall–Kier alpha value is -2.69. The lowest BCUT2D eigenvalue weighted by molar-refractivity contribution is 0.0959. The molecule has 0 unspecified atom stereocenters. The molecule has 0 bridgehead atoms. The second-order valence-electron chi connectivity index (χ2n) is 11.2. The molecule has 0 atom stereocenters. The number of ether oxygens (including phenoxy) is 4. The Kier molecular flexibility index (Phi) is 8.10. The van der Waals surface area contributed by atoms with Gasteiger partial charge in [-0.2, -0.15) is 0 Å². The SMILES string of the molecule is COc1cc(OC(C)(C)C)cc(CCC(=O)c2ccccc2OC(C)(C)C)c1OC(C)(C)C. The van der Waals surface area contributed by atoms with Crippen molar-refractivity contribution in [2.45, 2.75) is 92.0 Å². The minimum Gasteiger partial charge on any atom is -0.493 e. The van der Waals surface area contributed by atoms with E-state index in [1.807, 2.05) is 98.7 Å². The van der Waals surface area contributed by atoms with Gasteiger partial charge in [-0.05, 0) is 86.9 Å². The fraction of sp³-hybridized carbons (Fsp3) is 0.536. The quantitative estimate of drug-likeness (QED) is 0.399. The average molecular weight is 457 g/mol. The van der Waals surface area contributed by atoms with Crippen LogP contribution in [0.3, 0.4) is 0 Å². The predicted molar refractivity (Wildman–Crippen MR) is 133 cm³/mol. The molecule has 33 heavy (non-hydrogen) atoms. The summed E-state index contributed by atoms with van der Waals surface area (Å²) in [5.41, 5.74) is 0.265. The molecule has 2 rings (SSSR count). The smallest absolute Gasteiger partial charge is 0.166 e. The zero-order valence-electron chi connectivity index (χ0n) is 21.9. The van der Waals surface area contributed by atoms with Gasteiger partial charge in [0.05, 0.1) is 12.7 Å². The Bertz CT molecular complexity index is 956. The van der Waals surface area contributed by atoms with Crippen molar-refractivity contribution in [1.82, 2.24) is 0 Å². The summed E-state index contributed by atoms with van der Waals surface area (Å²) in [7, 11) is 1.61. The average Bonchev–Trinajstić information content (AvgIpc) is 2.64. The second kappa shape index (κ2) is 10.1. The molecule has 2 aromatic carbocycles. The first-order valence-corrected chi connectivity index (χ1v) is 11.5. The number of aryl methyl sites for hydroxylation is 1. The van der Waals surface area contributed by atoms with E-state index in [2.05, 4.69) is 0 Å². The zero-order chi connectivity index (χ0) is 25.0. The highest BCUT2D eigenvalue weighted by molar-refractivity contribution is 5.98. The summed E-state index contributed by atoms with van der Waals surface area (Å²) in [6, 6.07) is 11.2. The van der Waals surface area contributed by atoms with Crippen molar-refractivity contribution in [3.8, 4) is 23.0 Å². The molecule has 0 fully saturated rings. The number of ketones is 1. The summed E-state index contributed by atoms with van der Waals surface area (Å²) in [4.78, 5) is 13.2. The lowest BCUT2D eigenvalue weighted by Gasteiger charge is -2.27. The molecule has 0 saturated heterocycles. The number of para-hydroxylation sites is 1. The van der Waals surface area contributed by atoms with Crippen molar-refractivity contribution in [2.24, 2.45) is 0 Å². The van der Waals surface area contributed by atoms with Crippen LogP contribution < -0.4 is 18.9 Å². The molecule has 182 valence electrons. The Labute approximate surface area is 199 Å². The van der Waals surface area contributed by atoms with Crippen molar-refractivity contribution in [3.63, 3.8) is 0 Å². The highest BCUT2D eigenvalue weighted by Crippen LogP contribution is 2.39. The maximum Gasteiger partial charge on any atom is 0.166 e. The van der Waals surface area contributed by atoms with E-state index < -0.39 is 11.2 Å². The first-order chi connectivity index (χ1) is 15.1. The lowest BCUT2D eigenvalue weighted by atomic mass is 10.00. The van der Waals surface area contributed by atoms with Crippen LogP contribution >= 0.6 is 0 Å². The molecular weight excluding hydrogens is 416 g/mol. The lowest BCUT2D eigenvalue weighted by Crippen LogP contribution is -2.25. The van der Waals surface area contributed by atoms with Gasteiger partial charge < -0.3 is 18.9 Å². The van der Waals surface area contributed by atoms with E-state index in [0.29, 0.717) is 41.4 Å². The Morgan fingerprint density at radius 3 is 1.88 bits per heavy atom. The van der Waals surface area contributed by atoms with E-state index in [0.717, 1.165) is 5.56 Å². The van der Waals surface area contributed by atoms with Gasteiger partial charge in [0, 0.05) is 18.1 Å². The van der Waals surface area contributed by atoms with Gasteiger partial charge in [-0.25, -0.2) is 0 Å². The van der Waals surface area contributed by atoms with E-state index in [1.165, 1.54) is 0 Å². The fourth-order valence-electron chi connectivity index (χ4n) is 3.30. The molecular formula is C28H40O5. The Balaban J connectivity index is 2.39. The van der Waals surface area contributed by atoms with Crippen LogP contribution in [-0.2, 0) is 6.42 Å². The van der Waals surface area contributed by atoms with Crippen LogP contribution in [0.1, 0.15) is 84.7 Å². The topological polar surface area (TPSA) is 54.0 Å². The van der Waals surface area contributed by atoms with Crippen LogP contribution in [0.2, 0.25) is 0 Å². The summed E-state index contributed by atoms with van der Waals surface area (Å²) in [5, 5.41) is 0. The number of rotatable bonds is 8. The van der Waals surface area contributed by atoms with Crippen molar-refractivity contribution in [1.29, 1.82) is 0 Å². The first-order valence-electron chi connectivity index (χ1n) is 11.5. The predicted octanol–water partition coefficient (Wildman–Crippen LogP) is 7.04. The van der Waals surface area contributed by atoms with Crippen molar-refractivity contribution in [3.05, 3.63) is 47.5 Å². The van der Waals surface area contributed by atoms with E-state index in [4.69, 9.17) is 18.9 Å². The summed E-state index contributed by atoms with van der Waals surface area (Å²) in [6.07, 6.45) is 0.777. The highest BCUT2D eigenvalue weighted by Gasteiger charge is 2.24. The first kappa shape index (κ1) is 26.6. The van der Waals surface area contributed by atoms with Gasteiger partial charge in [-0.15, -0.1) is 0 Å². The molecule has 0 aliphatic heterocycles. The third kappa shape index (κ3) is 8.64. The highest BCUT2D eigenvalue weighted by atomic mass is 16.5. The molecule has 0 aromatic heterocycles. The molecule has 0 aliphatic rings. The van der Waals surface area contributed by atoms with Crippen LogP contribution in [-0.4, -0.2) is 29.7 Å². The van der Waals surface area contributed by atoms with Gasteiger partial charge in [0.15, 0.2) is 17.3 Å². The van der Waals surface area contributed by atoms with Gasteiger partial charge in [0.2, 0.25) is 0 Å². The molecule has 0 N–H and O–H groups in total. The normalized spacial score (nSPS) is 12.3. The molecule has 0 radical (unpaired) electrons. The zero-order valence-corrected chi connectivity index (χ0v) is 21.9. The number of methoxy groups -OCH3 is 1. The largest absolute Gasteiger partial charge is 0.493 e. The van der Waals surface area contributed by atoms with Crippen molar-refractivity contribution < 1.29 is 23.7 Å². The van der Waals surface area contributed by atoms with Crippen LogP contribution in [0, 0.1) is 0 Å². The van der Waals surface area contributed by atoms with Crippen LogP contribution in [0.5, 0.6) is 23.0 Å². The maximum absolute atomic E-state index is 13.2. The fourth-order valence-corrected chi connectivity index (χ4v) is 3.30. The minimum atomic E-state index is -0.425. The second-order valence-corrected chi connectivity index (χ2v) is 11.2. The molecule has 2 aromatic rings. The standard InChI is InChI=1S/C28H40O5/c1-26(2,3)31-20-17-19(25(24(18-20)30-10)33-28(7,8)9)15-16-22(29)21-13-11-12-14-23(21)32-27(4,5)6/h11-14,17-18H,15-16H2,1-10H3. The molecule has 0 heterocycles. The van der Waals surface area contributed by atoms with E-state index >= 15 is 0 Å². The van der Waals surface area contributed by atoms with Crippen LogP contribution in [0.15, 0.2) is 36.4 Å². The Morgan fingerprint density at radius 1 is 0.758 bits per heavy atom. The third-order valence-corrected chi connectivity index (χ3v) is 4.38. The maximum atomic E-state index is 13.2. The Morgan fingerprint density at radius 2 is 1.33 bits per heavy atom. The molecule has 0 spiro atoms. The number of hydrogen-bond acceptors (Lipinski definition) is 5. The van der Waals surface area contributed by atoms with Crippen molar-refractivity contribution in [2.75, 3.05) is 7.11 Å². The number of carbonyl (C=O) groups is 1. The molecule has 0 aliphatic carbocycles. The van der Waals surface area contributed by atoms with Gasteiger partial charge in [0.25, 0.3) is 0 Å². The van der Waals surface area contributed by atoms with Gasteiger partial charge in [-0.1, -0.05) is 12.1 Å². The summed E-state index contributed by atoms with van der Waals surface area (Å²) in [6.45, 7) is 17.9. The van der Waals surface area contributed by atoms with E-state index in [1.54, 1.807) is 7.11 Å². The van der Waals surface area contributed by atoms with E-state index in [9.17, 15) is 4.79 Å². The number of Topliss-reactive ketones (excluding diaryl/α,β-unsaturated/α-hetero) is 1. The van der Waals surface area contributed by atoms with Gasteiger partial charge >= 0.3 is 0 Å². The number of hydrogen-bond donors (Lipinski definition) is 0. The molecule has 0 saturated carbocycles. The minimum absolute atomic E-state index is 0.0117. The van der Waals surface area contributed by atoms with Gasteiger partial charge in [0.1, 0.15) is 28.3 Å². The molecule has 5 heteroatoms.